The predicted octanol–water partition coefficient (Wildman–Crippen LogP) is 1.49. The SMILES string of the molecule is CCC1OCCC1CN(C)CCNC1CC1. The average molecular weight is 226 g/mol. The summed E-state index contributed by atoms with van der Waals surface area (Å²) in [6, 6.07) is 0.839. The highest BCUT2D eigenvalue weighted by molar-refractivity contribution is 4.81. The molecule has 0 aromatic carbocycles. The first kappa shape index (κ1) is 12.3. The lowest BCUT2D eigenvalue weighted by Crippen LogP contribution is -2.35. The van der Waals surface area contributed by atoms with Gasteiger partial charge in [-0.2, -0.15) is 0 Å². The molecular weight excluding hydrogens is 200 g/mol. The molecule has 0 bridgehead atoms. The minimum absolute atomic E-state index is 0.513. The largest absolute Gasteiger partial charge is 0.378 e. The first-order chi connectivity index (χ1) is 7.79. The Balaban J connectivity index is 1.59. The fourth-order valence-corrected chi connectivity index (χ4v) is 2.59. The van der Waals surface area contributed by atoms with Crippen molar-refractivity contribution in [2.24, 2.45) is 5.92 Å². The van der Waals surface area contributed by atoms with Crippen LogP contribution in [0.15, 0.2) is 0 Å². The zero-order valence-electron chi connectivity index (χ0n) is 10.7. The second kappa shape index (κ2) is 5.99. The van der Waals surface area contributed by atoms with Gasteiger partial charge in [-0.25, -0.2) is 0 Å². The van der Waals surface area contributed by atoms with Crippen LogP contribution in [-0.4, -0.2) is 50.3 Å². The van der Waals surface area contributed by atoms with E-state index in [9.17, 15) is 0 Å². The smallest absolute Gasteiger partial charge is 0.0613 e. The lowest BCUT2D eigenvalue weighted by Gasteiger charge is -2.24. The second-order valence-corrected chi connectivity index (χ2v) is 5.36. The first-order valence-electron chi connectivity index (χ1n) is 6.83. The van der Waals surface area contributed by atoms with Gasteiger partial charge in [0.15, 0.2) is 0 Å². The summed E-state index contributed by atoms with van der Waals surface area (Å²) in [5, 5.41) is 3.56. The molecule has 1 aliphatic carbocycles. The Kier molecular flexibility index (Phi) is 4.62. The molecule has 0 aromatic rings. The molecule has 2 rings (SSSR count). The molecule has 2 unspecified atom stereocenters. The summed E-state index contributed by atoms with van der Waals surface area (Å²) in [5.41, 5.74) is 0. The molecule has 1 saturated carbocycles. The zero-order valence-corrected chi connectivity index (χ0v) is 10.7. The minimum atomic E-state index is 0.513. The number of likely N-dealkylation sites (N-methyl/N-ethyl adjacent to an activating group) is 1. The van der Waals surface area contributed by atoms with Gasteiger partial charge in [0.2, 0.25) is 0 Å². The van der Waals surface area contributed by atoms with E-state index in [0.717, 1.165) is 25.1 Å². The van der Waals surface area contributed by atoms with Crippen molar-refractivity contribution in [1.29, 1.82) is 0 Å². The predicted molar refractivity (Wildman–Crippen MR) is 66.7 cm³/mol. The van der Waals surface area contributed by atoms with Crippen LogP contribution in [0.25, 0.3) is 0 Å². The van der Waals surface area contributed by atoms with E-state index in [1.807, 2.05) is 0 Å². The maximum atomic E-state index is 5.73. The van der Waals surface area contributed by atoms with Crippen molar-refractivity contribution in [3.8, 4) is 0 Å². The first-order valence-corrected chi connectivity index (χ1v) is 6.83. The number of ether oxygens (including phenoxy) is 1. The summed E-state index contributed by atoms with van der Waals surface area (Å²) in [4.78, 5) is 2.46. The molecular formula is C13H26N2O. The van der Waals surface area contributed by atoms with Gasteiger partial charge in [-0.15, -0.1) is 0 Å². The highest BCUT2D eigenvalue weighted by atomic mass is 16.5. The van der Waals surface area contributed by atoms with Crippen LogP contribution in [0.4, 0.5) is 0 Å². The van der Waals surface area contributed by atoms with Gasteiger partial charge in [0, 0.05) is 32.3 Å². The van der Waals surface area contributed by atoms with Crippen LogP contribution in [0.2, 0.25) is 0 Å². The average Bonchev–Trinajstić information content (AvgIpc) is 2.98. The number of nitrogens with one attached hydrogen (secondary N) is 1. The molecule has 1 N–H and O–H groups in total. The maximum Gasteiger partial charge on any atom is 0.0613 e. The maximum absolute atomic E-state index is 5.73. The summed E-state index contributed by atoms with van der Waals surface area (Å²) >= 11 is 0. The quantitative estimate of drug-likeness (QED) is 0.712. The third-order valence-electron chi connectivity index (χ3n) is 3.80. The van der Waals surface area contributed by atoms with Gasteiger partial charge in [-0.3, -0.25) is 0 Å². The fourth-order valence-electron chi connectivity index (χ4n) is 2.59. The number of hydrogen-bond acceptors (Lipinski definition) is 3. The molecule has 0 amide bonds. The van der Waals surface area contributed by atoms with Gasteiger partial charge in [0.1, 0.15) is 0 Å². The summed E-state index contributed by atoms with van der Waals surface area (Å²) in [6.45, 7) is 6.72. The second-order valence-electron chi connectivity index (χ2n) is 5.36. The normalized spacial score (nSPS) is 30.2. The Morgan fingerprint density at radius 1 is 1.31 bits per heavy atom. The monoisotopic (exact) mass is 226 g/mol. The van der Waals surface area contributed by atoms with Crippen LogP contribution in [0, 0.1) is 5.92 Å². The molecule has 1 saturated heterocycles. The minimum Gasteiger partial charge on any atom is -0.378 e. The summed E-state index contributed by atoms with van der Waals surface area (Å²) in [5.74, 6) is 0.760. The van der Waals surface area contributed by atoms with E-state index < -0.39 is 0 Å². The van der Waals surface area contributed by atoms with E-state index in [4.69, 9.17) is 4.74 Å². The van der Waals surface area contributed by atoms with E-state index in [0.29, 0.717) is 6.10 Å². The summed E-state index contributed by atoms with van der Waals surface area (Å²) in [7, 11) is 2.24. The van der Waals surface area contributed by atoms with E-state index in [-0.39, 0.29) is 0 Å². The van der Waals surface area contributed by atoms with Crippen molar-refractivity contribution in [1.82, 2.24) is 10.2 Å². The van der Waals surface area contributed by atoms with Crippen molar-refractivity contribution >= 4 is 0 Å². The Hall–Kier alpha value is -0.120. The highest BCUT2D eigenvalue weighted by Crippen LogP contribution is 2.23. The van der Waals surface area contributed by atoms with Crippen LogP contribution in [0.3, 0.4) is 0 Å². The number of hydrogen-bond donors (Lipinski definition) is 1. The van der Waals surface area contributed by atoms with Crippen molar-refractivity contribution in [3.05, 3.63) is 0 Å². The van der Waals surface area contributed by atoms with Crippen LogP contribution in [0.1, 0.15) is 32.6 Å². The van der Waals surface area contributed by atoms with Crippen LogP contribution in [0.5, 0.6) is 0 Å². The van der Waals surface area contributed by atoms with Gasteiger partial charge in [-0.1, -0.05) is 6.92 Å². The Morgan fingerprint density at radius 3 is 2.81 bits per heavy atom. The van der Waals surface area contributed by atoms with Crippen LogP contribution < -0.4 is 5.32 Å². The Labute approximate surface area is 99.5 Å². The molecule has 3 nitrogen and oxygen atoms in total. The van der Waals surface area contributed by atoms with Gasteiger partial charge in [0.25, 0.3) is 0 Å². The molecule has 1 heterocycles. The van der Waals surface area contributed by atoms with Crippen molar-refractivity contribution in [2.75, 3.05) is 33.3 Å². The lowest BCUT2D eigenvalue weighted by molar-refractivity contribution is 0.0785. The third kappa shape index (κ3) is 3.72. The van der Waals surface area contributed by atoms with Crippen LogP contribution >= 0.6 is 0 Å². The molecule has 2 fully saturated rings. The summed E-state index contributed by atoms with van der Waals surface area (Å²) < 4.78 is 5.73. The third-order valence-corrected chi connectivity index (χ3v) is 3.80. The highest BCUT2D eigenvalue weighted by Gasteiger charge is 2.27. The standard InChI is InChI=1S/C13H26N2O/c1-3-13-11(6-9-16-13)10-15(2)8-7-14-12-4-5-12/h11-14H,3-10H2,1-2H3. The molecule has 0 radical (unpaired) electrons. The van der Waals surface area contributed by atoms with E-state index in [1.165, 1.54) is 38.8 Å². The van der Waals surface area contributed by atoms with Gasteiger partial charge < -0.3 is 15.0 Å². The number of nitrogens with zero attached hydrogens (tertiary/aromatic N) is 1. The van der Waals surface area contributed by atoms with Crippen molar-refractivity contribution in [2.45, 2.75) is 44.8 Å². The lowest BCUT2D eigenvalue weighted by atomic mass is 9.99. The number of rotatable bonds is 7. The molecule has 2 aliphatic rings. The van der Waals surface area contributed by atoms with Gasteiger partial charge >= 0.3 is 0 Å². The van der Waals surface area contributed by atoms with Crippen LogP contribution in [-0.2, 0) is 4.74 Å². The van der Waals surface area contributed by atoms with E-state index in [2.05, 4.69) is 24.2 Å². The topological polar surface area (TPSA) is 24.5 Å². The molecule has 16 heavy (non-hydrogen) atoms. The molecule has 2 atom stereocenters. The van der Waals surface area contributed by atoms with E-state index in [1.54, 1.807) is 0 Å². The fraction of sp³-hybridized carbons (Fsp3) is 1.00. The van der Waals surface area contributed by atoms with Gasteiger partial charge in [0.05, 0.1) is 6.10 Å². The zero-order chi connectivity index (χ0) is 11.4. The van der Waals surface area contributed by atoms with Crippen molar-refractivity contribution in [3.63, 3.8) is 0 Å². The molecule has 1 aliphatic heterocycles. The van der Waals surface area contributed by atoms with E-state index >= 15 is 0 Å². The summed E-state index contributed by atoms with van der Waals surface area (Å²) in [6.07, 6.45) is 5.70. The molecule has 94 valence electrons. The molecule has 3 heteroatoms. The Morgan fingerprint density at radius 2 is 2.12 bits per heavy atom. The van der Waals surface area contributed by atoms with Gasteiger partial charge in [-0.05, 0) is 38.6 Å². The Bertz CT molecular complexity index is 206. The molecule has 0 aromatic heterocycles. The molecule has 0 spiro atoms. The van der Waals surface area contributed by atoms with Crippen molar-refractivity contribution < 1.29 is 4.74 Å².